The van der Waals surface area contributed by atoms with E-state index in [1.54, 1.807) is 6.07 Å². The molecule has 8 heteroatoms. The summed E-state index contributed by atoms with van der Waals surface area (Å²) < 4.78 is 3.73. The van der Waals surface area contributed by atoms with Crippen molar-refractivity contribution < 1.29 is 9.59 Å². The number of benzene rings is 2. The number of rotatable bonds is 7. The first-order valence-electron chi connectivity index (χ1n) is 9.35. The summed E-state index contributed by atoms with van der Waals surface area (Å²) in [4.78, 5) is 24.8. The average molecular weight is 410 g/mol. The Morgan fingerprint density at radius 3 is 2.45 bits per heavy atom. The summed E-state index contributed by atoms with van der Waals surface area (Å²) in [5, 5.41) is 10.1. The summed E-state index contributed by atoms with van der Waals surface area (Å²) in [6, 6.07) is 16.6. The van der Waals surface area contributed by atoms with Crippen molar-refractivity contribution >= 4 is 29.7 Å². The molecule has 3 aromatic rings. The van der Waals surface area contributed by atoms with E-state index in [2.05, 4.69) is 15.7 Å². The van der Waals surface area contributed by atoms with Gasteiger partial charge in [0.25, 0.3) is 5.91 Å². The highest BCUT2D eigenvalue weighted by atomic mass is 32.1. The standard InChI is InChI=1S/C21H23N5O2S/c1-3-25-18(13-22-20(28)17-12-8-7-9-15(17)2)24-26(21(25)29)14-19(27)23-16-10-5-4-6-11-16/h4-12H,3,13-14H2,1-2H3,(H,22,28)(H,23,27). The molecule has 1 heterocycles. The maximum atomic E-state index is 12.5. The molecule has 0 bridgehead atoms. The van der Waals surface area contributed by atoms with Crippen LogP contribution in [0.15, 0.2) is 54.6 Å². The number of para-hydroxylation sites is 1. The summed E-state index contributed by atoms with van der Waals surface area (Å²) in [5.74, 6) is 0.212. The van der Waals surface area contributed by atoms with Crippen LogP contribution in [0.3, 0.4) is 0 Å². The summed E-state index contributed by atoms with van der Waals surface area (Å²) in [7, 11) is 0. The van der Waals surface area contributed by atoms with Gasteiger partial charge in [-0.2, -0.15) is 5.10 Å². The monoisotopic (exact) mass is 409 g/mol. The van der Waals surface area contributed by atoms with E-state index in [1.807, 2.05) is 66.9 Å². The smallest absolute Gasteiger partial charge is 0.251 e. The number of carbonyl (C=O) groups excluding carboxylic acids is 2. The highest BCUT2D eigenvalue weighted by Crippen LogP contribution is 2.09. The third kappa shape index (κ3) is 4.97. The molecule has 0 aliphatic heterocycles. The van der Waals surface area contributed by atoms with Crippen LogP contribution in [-0.2, 0) is 24.4 Å². The van der Waals surface area contributed by atoms with E-state index in [4.69, 9.17) is 12.2 Å². The van der Waals surface area contributed by atoms with Crippen molar-refractivity contribution in [2.75, 3.05) is 5.32 Å². The van der Waals surface area contributed by atoms with Crippen LogP contribution in [0.4, 0.5) is 5.69 Å². The molecule has 0 aliphatic carbocycles. The van der Waals surface area contributed by atoms with Crippen molar-refractivity contribution in [2.24, 2.45) is 0 Å². The van der Waals surface area contributed by atoms with Gasteiger partial charge in [-0.15, -0.1) is 0 Å². The van der Waals surface area contributed by atoms with Crippen LogP contribution >= 0.6 is 12.2 Å². The molecule has 0 spiro atoms. The molecule has 0 radical (unpaired) electrons. The van der Waals surface area contributed by atoms with Crippen LogP contribution in [0.25, 0.3) is 0 Å². The molecule has 0 atom stereocenters. The minimum absolute atomic E-state index is 0.000528. The molecule has 2 N–H and O–H groups in total. The van der Waals surface area contributed by atoms with Crippen LogP contribution in [-0.4, -0.2) is 26.2 Å². The quantitative estimate of drug-likeness (QED) is 0.587. The lowest BCUT2D eigenvalue weighted by atomic mass is 10.1. The molecule has 29 heavy (non-hydrogen) atoms. The van der Waals surface area contributed by atoms with Crippen molar-refractivity contribution in [3.05, 3.63) is 76.3 Å². The van der Waals surface area contributed by atoms with Gasteiger partial charge in [0.1, 0.15) is 6.54 Å². The van der Waals surface area contributed by atoms with Crippen LogP contribution in [0.5, 0.6) is 0 Å². The van der Waals surface area contributed by atoms with E-state index in [0.717, 1.165) is 5.56 Å². The van der Waals surface area contributed by atoms with Gasteiger partial charge in [0.15, 0.2) is 10.6 Å². The Hall–Kier alpha value is -3.26. The number of anilines is 1. The Morgan fingerprint density at radius 2 is 1.76 bits per heavy atom. The second-order valence-corrected chi connectivity index (χ2v) is 6.88. The molecular formula is C21H23N5O2S. The predicted molar refractivity (Wildman–Crippen MR) is 114 cm³/mol. The fraction of sp³-hybridized carbons (Fsp3) is 0.238. The number of nitrogens with one attached hydrogen (secondary N) is 2. The van der Waals surface area contributed by atoms with Crippen molar-refractivity contribution in [1.82, 2.24) is 19.7 Å². The number of hydrogen-bond donors (Lipinski definition) is 2. The molecule has 0 fully saturated rings. The minimum Gasteiger partial charge on any atom is -0.345 e. The first kappa shape index (κ1) is 20.5. The van der Waals surface area contributed by atoms with Gasteiger partial charge in [-0.25, -0.2) is 4.68 Å². The SMILES string of the molecule is CCn1c(CNC(=O)c2ccccc2C)nn(CC(=O)Nc2ccccc2)c1=S. The molecule has 3 rings (SSSR count). The molecule has 7 nitrogen and oxygen atoms in total. The zero-order valence-corrected chi connectivity index (χ0v) is 17.2. The van der Waals surface area contributed by atoms with Crippen molar-refractivity contribution in [2.45, 2.75) is 33.5 Å². The van der Waals surface area contributed by atoms with E-state index in [9.17, 15) is 9.59 Å². The van der Waals surface area contributed by atoms with E-state index in [1.165, 1.54) is 4.68 Å². The maximum absolute atomic E-state index is 12.5. The molecular weight excluding hydrogens is 386 g/mol. The van der Waals surface area contributed by atoms with Crippen LogP contribution in [0.1, 0.15) is 28.7 Å². The Balaban J connectivity index is 1.70. The normalized spacial score (nSPS) is 10.6. The molecule has 0 saturated heterocycles. The van der Waals surface area contributed by atoms with Gasteiger partial charge in [-0.05, 0) is 49.8 Å². The molecule has 0 saturated carbocycles. The van der Waals surface area contributed by atoms with Crippen molar-refractivity contribution in [1.29, 1.82) is 0 Å². The molecule has 150 valence electrons. The Morgan fingerprint density at radius 1 is 1.07 bits per heavy atom. The molecule has 0 unspecified atom stereocenters. The first-order chi connectivity index (χ1) is 14.0. The van der Waals surface area contributed by atoms with Crippen LogP contribution in [0, 0.1) is 11.7 Å². The largest absolute Gasteiger partial charge is 0.345 e. The fourth-order valence-electron chi connectivity index (χ4n) is 2.98. The van der Waals surface area contributed by atoms with Gasteiger partial charge in [-0.1, -0.05) is 36.4 Å². The predicted octanol–water partition coefficient (Wildman–Crippen LogP) is 3.31. The van der Waals surface area contributed by atoms with E-state index >= 15 is 0 Å². The van der Waals surface area contributed by atoms with Crippen molar-refractivity contribution in [3.63, 3.8) is 0 Å². The van der Waals surface area contributed by atoms with E-state index in [0.29, 0.717) is 28.4 Å². The van der Waals surface area contributed by atoms with Gasteiger partial charge in [0, 0.05) is 17.8 Å². The molecule has 0 aliphatic rings. The number of aromatic nitrogens is 3. The lowest BCUT2D eigenvalue weighted by Gasteiger charge is -2.07. The zero-order valence-electron chi connectivity index (χ0n) is 16.4. The van der Waals surface area contributed by atoms with Gasteiger partial charge >= 0.3 is 0 Å². The first-order valence-corrected chi connectivity index (χ1v) is 9.75. The van der Waals surface area contributed by atoms with Gasteiger partial charge < -0.3 is 15.2 Å². The average Bonchev–Trinajstić information content (AvgIpc) is 3.01. The number of carbonyl (C=O) groups is 2. The van der Waals surface area contributed by atoms with E-state index in [-0.39, 0.29) is 24.9 Å². The number of hydrogen-bond acceptors (Lipinski definition) is 4. The third-order valence-corrected chi connectivity index (χ3v) is 4.89. The minimum atomic E-state index is -0.219. The van der Waals surface area contributed by atoms with Gasteiger partial charge in [-0.3, -0.25) is 9.59 Å². The summed E-state index contributed by atoms with van der Waals surface area (Å²) in [5.41, 5.74) is 2.24. The summed E-state index contributed by atoms with van der Waals surface area (Å²) in [6.45, 7) is 4.65. The van der Waals surface area contributed by atoms with E-state index < -0.39 is 0 Å². The zero-order chi connectivity index (χ0) is 20.8. The summed E-state index contributed by atoms with van der Waals surface area (Å²) >= 11 is 5.46. The van der Waals surface area contributed by atoms with Gasteiger partial charge in [0.05, 0.1) is 6.54 Å². The third-order valence-electron chi connectivity index (χ3n) is 4.46. The van der Waals surface area contributed by atoms with Gasteiger partial charge in [0.2, 0.25) is 5.91 Å². The molecule has 1 aromatic heterocycles. The second kappa shape index (κ2) is 9.29. The molecule has 2 aromatic carbocycles. The van der Waals surface area contributed by atoms with Crippen LogP contribution in [0.2, 0.25) is 0 Å². The number of amides is 2. The summed E-state index contributed by atoms with van der Waals surface area (Å²) in [6.07, 6.45) is 0. The number of nitrogens with zero attached hydrogens (tertiary/aromatic N) is 3. The molecule has 2 amide bonds. The Kier molecular flexibility index (Phi) is 6.56. The van der Waals surface area contributed by atoms with Crippen molar-refractivity contribution in [3.8, 4) is 0 Å². The topological polar surface area (TPSA) is 81.0 Å². The Bertz CT molecular complexity index is 1070. The number of aryl methyl sites for hydroxylation is 1. The highest BCUT2D eigenvalue weighted by molar-refractivity contribution is 7.71. The maximum Gasteiger partial charge on any atom is 0.251 e. The lowest BCUT2D eigenvalue weighted by molar-refractivity contribution is -0.116. The Labute approximate surface area is 174 Å². The highest BCUT2D eigenvalue weighted by Gasteiger charge is 2.14. The second-order valence-electron chi connectivity index (χ2n) is 6.51. The van der Waals surface area contributed by atoms with Crippen LogP contribution < -0.4 is 10.6 Å². The fourth-order valence-corrected chi connectivity index (χ4v) is 3.32. The lowest BCUT2D eigenvalue weighted by Crippen LogP contribution is -2.25.